The number of halogens is 1. The van der Waals surface area contributed by atoms with Gasteiger partial charge in [0.1, 0.15) is 11.5 Å². The normalized spacial score (nSPS) is 11.7. The van der Waals surface area contributed by atoms with Crippen molar-refractivity contribution >= 4 is 21.8 Å². The highest BCUT2D eigenvalue weighted by molar-refractivity contribution is 6.00. The van der Waals surface area contributed by atoms with E-state index >= 15 is 0 Å². The quantitative estimate of drug-likeness (QED) is 0.304. The van der Waals surface area contributed by atoms with Crippen molar-refractivity contribution in [2.45, 2.75) is 13.5 Å². The number of aryl methyl sites for hydroxylation is 1. The highest BCUT2D eigenvalue weighted by Crippen LogP contribution is 2.34. The second kappa shape index (κ2) is 8.70. The van der Waals surface area contributed by atoms with Crippen molar-refractivity contribution in [1.82, 2.24) is 30.0 Å². The summed E-state index contributed by atoms with van der Waals surface area (Å²) in [5.41, 5.74) is 9.21. The van der Waals surface area contributed by atoms with Gasteiger partial charge in [-0.25, -0.2) is 4.39 Å². The molecule has 36 heavy (non-hydrogen) atoms. The van der Waals surface area contributed by atoms with Crippen LogP contribution in [-0.2, 0) is 6.54 Å². The molecule has 0 unspecified atom stereocenters. The van der Waals surface area contributed by atoms with E-state index in [1.54, 1.807) is 6.20 Å². The van der Waals surface area contributed by atoms with Gasteiger partial charge in [-0.3, -0.25) is 15.1 Å². The summed E-state index contributed by atoms with van der Waals surface area (Å²) in [6.07, 6.45) is 5.54. The second-order valence-electron chi connectivity index (χ2n) is 9.47. The number of nitrogens with one attached hydrogen (secondary N) is 2. The Morgan fingerprint density at radius 3 is 2.53 bits per heavy atom. The van der Waals surface area contributed by atoms with E-state index in [1.165, 1.54) is 12.1 Å². The molecule has 6 rings (SSSR count). The minimum absolute atomic E-state index is 0.269. The van der Waals surface area contributed by atoms with Crippen LogP contribution in [0.15, 0.2) is 73.2 Å². The maximum atomic E-state index is 14.1. The van der Waals surface area contributed by atoms with Crippen LogP contribution in [0.25, 0.3) is 55.6 Å². The van der Waals surface area contributed by atoms with Crippen LogP contribution in [0.4, 0.5) is 4.39 Å². The lowest BCUT2D eigenvalue weighted by atomic mass is 10.0. The molecular formula is C29H25FN6. The van der Waals surface area contributed by atoms with E-state index in [1.807, 2.05) is 57.7 Å². The number of pyridine rings is 2. The molecule has 0 spiro atoms. The third kappa shape index (κ3) is 4.03. The molecule has 0 fully saturated rings. The number of aromatic nitrogens is 5. The van der Waals surface area contributed by atoms with Gasteiger partial charge in [0, 0.05) is 52.6 Å². The summed E-state index contributed by atoms with van der Waals surface area (Å²) in [6.45, 7) is 2.71. The molecule has 7 heteroatoms. The van der Waals surface area contributed by atoms with Gasteiger partial charge in [0.25, 0.3) is 0 Å². The van der Waals surface area contributed by atoms with Crippen molar-refractivity contribution in [3.05, 3.63) is 90.1 Å². The van der Waals surface area contributed by atoms with E-state index in [0.717, 1.165) is 73.2 Å². The van der Waals surface area contributed by atoms with E-state index in [-0.39, 0.29) is 5.82 Å². The fraction of sp³-hybridized carbons (Fsp3) is 0.138. The summed E-state index contributed by atoms with van der Waals surface area (Å²) < 4.78 is 14.1. The Bertz CT molecular complexity index is 1710. The van der Waals surface area contributed by atoms with Crippen LogP contribution in [-0.4, -0.2) is 44.1 Å². The van der Waals surface area contributed by atoms with Crippen molar-refractivity contribution in [3.8, 4) is 33.8 Å². The van der Waals surface area contributed by atoms with Crippen molar-refractivity contribution in [1.29, 1.82) is 0 Å². The molecule has 2 aromatic carbocycles. The molecule has 0 atom stereocenters. The maximum Gasteiger partial charge on any atom is 0.124 e. The van der Waals surface area contributed by atoms with Crippen molar-refractivity contribution in [3.63, 3.8) is 0 Å². The number of H-pyrrole nitrogens is 2. The topological polar surface area (TPSA) is 73.5 Å². The van der Waals surface area contributed by atoms with E-state index in [9.17, 15) is 4.39 Å². The largest absolute Gasteiger partial charge is 0.353 e. The summed E-state index contributed by atoms with van der Waals surface area (Å²) in [4.78, 5) is 14.6. The lowest BCUT2D eigenvalue weighted by molar-refractivity contribution is 0.402. The predicted molar refractivity (Wildman–Crippen MR) is 142 cm³/mol. The number of hydrogen-bond acceptors (Lipinski definition) is 4. The van der Waals surface area contributed by atoms with E-state index in [2.05, 4.69) is 48.2 Å². The molecular weight excluding hydrogens is 451 g/mol. The molecule has 0 saturated carbocycles. The first kappa shape index (κ1) is 22.1. The van der Waals surface area contributed by atoms with Crippen molar-refractivity contribution in [2.24, 2.45) is 0 Å². The third-order valence-electron chi connectivity index (χ3n) is 6.31. The zero-order chi connectivity index (χ0) is 24.8. The number of nitrogens with zero attached hydrogens (tertiary/aromatic N) is 4. The maximum absolute atomic E-state index is 14.1. The number of fused-ring (bicyclic) bond motifs is 2. The Morgan fingerprint density at radius 1 is 0.833 bits per heavy atom. The first-order chi connectivity index (χ1) is 17.4. The van der Waals surface area contributed by atoms with Gasteiger partial charge < -0.3 is 9.88 Å². The van der Waals surface area contributed by atoms with Crippen LogP contribution >= 0.6 is 0 Å². The van der Waals surface area contributed by atoms with Crippen LogP contribution in [0.1, 0.15) is 11.1 Å². The zero-order valence-corrected chi connectivity index (χ0v) is 20.3. The molecule has 178 valence electrons. The molecule has 0 saturated heterocycles. The molecule has 0 radical (unpaired) electrons. The zero-order valence-electron chi connectivity index (χ0n) is 20.3. The van der Waals surface area contributed by atoms with Crippen LogP contribution in [0, 0.1) is 12.7 Å². The molecule has 6 aromatic rings. The highest BCUT2D eigenvalue weighted by atomic mass is 19.1. The lowest BCUT2D eigenvalue weighted by Gasteiger charge is -2.10. The first-order valence-corrected chi connectivity index (χ1v) is 11.8. The van der Waals surface area contributed by atoms with Gasteiger partial charge in [-0.05, 0) is 86.2 Å². The minimum Gasteiger partial charge on any atom is -0.353 e. The van der Waals surface area contributed by atoms with Gasteiger partial charge in [0.05, 0.1) is 16.9 Å². The number of hydrogen-bond donors (Lipinski definition) is 2. The van der Waals surface area contributed by atoms with Gasteiger partial charge in [0.2, 0.25) is 0 Å². The number of aromatic amines is 2. The fourth-order valence-electron chi connectivity index (χ4n) is 4.78. The van der Waals surface area contributed by atoms with E-state index < -0.39 is 0 Å². The van der Waals surface area contributed by atoms with Crippen molar-refractivity contribution < 1.29 is 4.39 Å². The smallest absolute Gasteiger partial charge is 0.124 e. The Morgan fingerprint density at radius 2 is 1.69 bits per heavy atom. The summed E-state index contributed by atoms with van der Waals surface area (Å²) in [7, 11) is 4.10. The average Bonchev–Trinajstić information content (AvgIpc) is 3.46. The molecule has 6 nitrogen and oxygen atoms in total. The van der Waals surface area contributed by atoms with Gasteiger partial charge >= 0.3 is 0 Å². The molecule has 0 bridgehead atoms. The van der Waals surface area contributed by atoms with Gasteiger partial charge in [0.15, 0.2) is 0 Å². The highest BCUT2D eigenvalue weighted by Gasteiger charge is 2.15. The summed E-state index contributed by atoms with van der Waals surface area (Å²) in [6, 6.07) is 17.4. The number of rotatable bonds is 5. The van der Waals surface area contributed by atoms with Gasteiger partial charge in [-0.1, -0.05) is 6.07 Å². The lowest BCUT2D eigenvalue weighted by Crippen LogP contribution is -2.10. The Hall–Kier alpha value is -4.36. The van der Waals surface area contributed by atoms with E-state index in [4.69, 9.17) is 0 Å². The van der Waals surface area contributed by atoms with Crippen LogP contribution in [0.3, 0.4) is 0 Å². The molecule has 4 heterocycles. The third-order valence-corrected chi connectivity index (χ3v) is 6.31. The van der Waals surface area contributed by atoms with E-state index in [0.29, 0.717) is 0 Å². The van der Waals surface area contributed by atoms with Gasteiger partial charge in [-0.2, -0.15) is 5.10 Å². The monoisotopic (exact) mass is 476 g/mol. The van der Waals surface area contributed by atoms with Crippen LogP contribution in [0.5, 0.6) is 0 Å². The minimum atomic E-state index is -0.269. The van der Waals surface area contributed by atoms with Gasteiger partial charge in [-0.15, -0.1) is 0 Å². The summed E-state index contributed by atoms with van der Waals surface area (Å²) in [5.74, 6) is -0.269. The fourth-order valence-corrected chi connectivity index (χ4v) is 4.78. The molecule has 0 aliphatic rings. The first-order valence-electron chi connectivity index (χ1n) is 11.8. The number of benzene rings is 2. The average molecular weight is 477 g/mol. The summed E-state index contributed by atoms with van der Waals surface area (Å²) in [5, 5.41) is 9.70. The van der Waals surface area contributed by atoms with Crippen molar-refractivity contribution in [2.75, 3.05) is 14.1 Å². The summed E-state index contributed by atoms with van der Waals surface area (Å²) >= 11 is 0. The molecule has 0 aliphatic heterocycles. The SMILES string of the molecule is Cc1cc(F)cc(-c2nccc3[nH]c(-c4n[nH]c5ccc(-c6cncc(CN(C)C)c6)cc45)cc23)c1. The van der Waals surface area contributed by atoms with Crippen LogP contribution in [0.2, 0.25) is 0 Å². The molecule has 0 aliphatic carbocycles. The Kier molecular flexibility index (Phi) is 5.34. The van der Waals surface area contributed by atoms with Crippen LogP contribution < -0.4 is 0 Å². The standard InChI is InChI=1S/C29H25FN6/c1-17-8-20(11-22(30)9-17)28-24-13-27(33-25(24)6-7-32-28)29-23-12-19(4-5-26(23)34-35-29)21-10-18(14-31-15-21)16-36(2)3/h4-15,33H,16H2,1-3H3,(H,34,35). The Balaban J connectivity index is 1.45. The molecule has 2 N–H and O–H groups in total. The molecule has 4 aromatic heterocycles. The predicted octanol–water partition coefficient (Wildman–Crippen LogP) is 6.34. The molecule has 0 amide bonds. The Labute approximate surface area is 207 Å². The second-order valence-corrected chi connectivity index (χ2v) is 9.47.